The second kappa shape index (κ2) is 5.76. The van der Waals surface area contributed by atoms with Crippen LogP contribution in [0.3, 0.4) is 0 Å². The van der Waals surface area contributed by atoms with Gasteiger partial charge < -0.3 is 9.32 Å². The third kappa shape index (κ3) is 2.48. The maximum Gasteiger partial charge on any atom is 0.257 e. The van der Waals surface area contributed by atoms with E-state index in [1.165, 1.54) is 0 Å². The van der Waals surface area contributed by atoms with Crippen LogP contribution in [-0.4, -0.2) is 27.1 Å². The minimum atomic E-state index is 0.0569. The number of carbonyl (C=O) groups excluding carboxylic acids is 1. The topological polar surface area (TPSA) is 51.3 Å². The number of aromatic nitrogens is 2. The summed E-state index contributed by atoms with van der Waals surface area (Å²) < 4.78 is 7.40. The maximum atomic E-state index is 12.8. The van der Waals surface area contributed by atoms with Crippen LogP contribution in [0.1, 0.15) is 54.0 Å². The largest absolute Gasteiger partial charge is 0.467 e. The SMILES string of the molecule is CCCn1ncc(C(=O)N2CCC[C@@H]2c2ccco2)c1C. The Labute approximate surface area is 124 Å². The number of aryl methyl sites for hydroxylation is 1. The Balaban J connectivity index is 1.84. The third-order valence-electron chi connectivity index (χ3n) is 4.15. The molecule has 0 aliphatic carbocycles. The van der Waals surface area contributed by atoms with Gasteiger partial charge in [0.1, 0.15) is 5.76 Å². The molecule has 112 valence electrons. The standard InChI is InChI=1S/C16H21N3O2/c1-3-8-19-12(2)13(11-17-19)16(20)18-9-4-6-14(18)15-7-5-10-21-15/h5,7,10-11,14H,3-4,6,8-9H2,1-2H3/t14-/m1/s1. The number of amides is 1. The summed E-state index contributed by atoms with van der Waals surface area (Å²) in [5.41, 5.74) is 1.66. The molecule has 2 aromatic rings. The lowest BCUT2D eigenvalue weighted by Crippen LogP contribution is -2.30. The van der Waals surface area contributed by atoms with Crippen LogP contribution in [0.2, 0.25) is 0 Å². The number of hydrogen-bond donors (Lipinski definition) is 0. The van der Waals surface area contributed by atoms with Gasteiger partial charge in [0.2, 0.25) is 0 Å². The molecule has 3 rings (SSSR count). The predicted octanol–water partition coefficient (Wildman–Crippen LogP) is 3.17. The van der Waals surface area contributed by atoms with E-state index in [-0.39, 0.29) is 11.9 Å². The molecule has 5 nitrogen and oxygen atoms in total. The Morgan fingerprint density at radius 1 is 1.52 bits per heavy atom. The fourth-order valence-corrected chi connectivity index (χ4v) is 3.03. The number of furan rings is 1. The first-order valence-corrected chi connectivity index (χ1v) is 7.59. The minimum absolute atomic E-state index is 0.0569. The van der Waals surface area contributed by atoms with E-state index in [1.54, 1.807) is 12.5 Å². The van der Waals surface area contributed by atoms with Crippen molar-refractivity contribution in [1.29, 1.82) is 0 Å². The molecule has 0 aromatic carbocycles. The van der Waals surface area contributed by atoms with E-state index in [4.69, 9.17) is 4.42 Å². The van der Waals surface area contributed by atoms with Crippen molar-refractivity contribution in [3.63, 3.8) is 0 Å². The molecule has 1 amide bonds. The molecule has 0 spiro atoms. The van der Waals surface area contributed by atoms with E-state index < -0.39 is 0 Å². The Bertz CT molecular complexity index is 616. The van der Waals surface area contributed by atoms with Crippen molar-refractivity contribution >= 4 is 5.91 Å². The Kier molecular flexibility index (Phi) is 3.82. The zero-order valence-electron chi connectivity index (χ0n) is 12.6. The summed E-state index contributed by atoms with van der Waals surface area (Å²) in [6, 6.07) is 3.88. The Morgan fingerprint density at radius 3 is 3.10 bits per heavy atom. The first-order valence-electron chi connectivity index (χ1n) is 7.59. The first kappa shape index (κ1) is 13.9. The fourth-order valence-electron chi connectivity index (χ4n) is 3.03. The van der Waals surface area contributed by atoms with Crippen molar-refractivity contribution in [2.75, 3.05) is 6.54 Å². The van der Waals surface area contributed by atoms with Crippen LogP contribution in [-0.2, 0) is 6.54 Å². The molecular weight excluding hydrogens is 266 g/mol. The van der Waals surface area contributed by atoms with Crippen LogP contribution >= 0.6 is 0 Å². The summed E-state index contributed by atoms with van der Waals surface area (Å²) in [4.78, 5) is 14.7. The molecule has 1 atom stereocenters. The molecule has 2 aromatic heterocycles. The number of carbonyl (C=O) groups is 1. The van der Waals surface area contributed by atoms with Gasteiger partial charge in [-0.3, -0.25) is 9.48 Å². The molecule has 1 aliphatic heterocycles. The monoisotopic (exact) mass is 287 g/mol. The number of rotatable bonds is 4. The van der Waals surface area contributed by atoms with E-state index in [1.807, 2.05) is 28.6 Å². The molecule has 0 bridgehead atoms. The molecule has 1 aliphatic rings. The lowest BCUT2D eigenvalue weighted by atomic mass is 10.1. The van der Waals surface area contributed by atoms with Crippen LogP contribution in [0.15, 0.2) is 29.0 Å². The quantitative estimate of drug-likeness (QED) is 0.868. The van der Waals surface area contributed by atoms with Gasteiger partial charge in [-0.05, 0) is 38.3 Å². The lowest BCUT2D eigenvalue weighted by Gasteiger charge is -2.23. The summed E-state index contributed by atoms with van der Waals surface area (Å²) in [6.45, 7) is 5.70. The van der Waals surface area contributed by atoms with Gasteiger partial charge in [-0.15, -0.1) is 0 Å². The van der Waals surface area contributed by atoms with E-state index in [0.29, 0.717) is 5.56 Å². The predicted molar refractivity (Wildman–Crippen MR) is 79.0 cm³/mol. The van der Waals surface area contributed by atoms with Crippen LogP contribution < -0.4 is 0 Å². The molecule has 1 saturated heterocycles. The van der Waals surface area contributed by atoms with Crippen LogP contribution in [0.4, 0.5) is 0 Å². The number of likely N-dealkylation sites (tertiary alicyclic amines) is 1. The highest BCUT2D eigenvalue weighted by Gasteiger charge is 2.33. The second-order valence-corrected chi connectivity index (χ2v) is 5.54. The van der Waals surface area contributed by atoms with Gasteiger partial charge in [0.05, 0.1) is 24.1 Å². The molecule has 0 N–H and O–H groups in total. The molecule has 0 radical (unpaired) electrons. The average Bonchev–Trinajstić information content (AvgIpc) is 3.19. The smallest absolute Gasteiger partial charge is 0.257 e. The lowest BCUT2D eigenvalue weighted by molar-refractivity contribution is 0.0719. The van der Waals surface area contributed by atoms with E-state index in [0.717, 1.165) is 43.8 Å². The van der Waals surface area contributed by atoms with Gasteiger partial charge in [0, 0.05) is 18.8 Å². The maximum absolute atomic E-state index is 12.8. The van der Waals surface area contributed by atoms with Gasteiger partial charge in [0.25, 0.3) is 5.91 Å². The summed E-state index contributed by atoms with van der Waals surface area (Å²) in [7, 11) is 0. The van der Waals surface area contributed by atoms with Crippen LogP contribution in [0, 0.1) is 6.92 Å². The van der Waals surface area contributed by atoms with Gasteiger partial charge in [0.15, 0.2) is 0 Å². The van der Waals surface area contributed by atoms with Crippen LogP contribution in [0.25, 0.3) is 0 Å². The second-order valence-electron chi connectivity index (χ2n) is 5.54. The van der Waals surface area contributed by atoms with E-state index in [9.17, 15) is 4.79 Å². The van der Waals surface area contributed by atoms with Gasteiger partial charge in [-0.25, -0.2) is 0 Å². The summed E-state index contributed by atoms with van der Waals surface area (Å²) in [6.07, 6.45) is 6.35. The van der Waals surface area contributed by atoms with Gasteiger partial charge in [-0.1, -0.05) is 6.92 Å². The summed E-state index contributed by atoms with van der Waals surface area (Å²) in [5, 5.41) is 4.33. The summed E-state index contributed by atoms with van der Waals surface area (Å²) >= 11 is 0. The molecule has 1 fully saturated rings. The summed E-state index contributed by atoms with van der Waals surface area (Å²) in [5.74, 6) is 0.938. The van der Waals surface area contributed by atoms with Crippen molar-refractivity contribution < 1.29 is 9.21 Å². The minimum Gasteiger partial charge on any atom is -0.467 e. The average molecular weight is 287 g/mol. The first-order chi connectivity index (χ1) is 10.2. The van der Waals surface area contributed by atoms with Crippen molar-refractivity contribution in [3.05, 3.63) is 41.6 Å². The van der Waals surface area contributed by atoms with Crippen molar-refractivity contribution in [2.24, 2.45) is 0 Å². The van der Waals surface area contributed by atoms with Crippen molar-refractivity contribution in [2.45, 2.75) is 45.7 Å². The van der Waals surface area contributed by atoms with Crippen LogP contribution in [0.5, 0.6) is 0 Å². The van der Waals surface area contributed by atoms with E-state index >= 15 is 0 Å². The highest BCUT2D eigenvalue weighted by molar-refractivity contribution is 5.95. The molecule has 0 saturated carbocycles. The zero-order valence-corrected chi connectivity index (χ0v) is 12.6. The Morgan fingerprint density at radius 2 is 2.38 bits per heavy atom. The molecule has 21 heavy (non-hydrogen) atoms. The zero-order chi connectivity index (χ0) is 14.8. The highest BCUT2D eigenvalue weighted by Crippen LogP contribution is 2.33. The van der Waals surface area contributed by atoms with E-state index in [2.05, 4.69) is 12.0 Å². The molecule has 0 unspecified atom stereocenters. The third-order valence-corrected chi connectivity index (χ3v) is 4.15. The number of nitrogens with zero attached hydrogens (tertiary/aromatic N) is 3. The molecular formula is C16H21N3O2. The molecule has 3 heterocycles. The fraction of sp³-hybridized carbons (Fsp3) is 0.500. The van der Waals surface area contributed by atoms with Crippen molar-refractivity contribution in [1.82, 2.24) is 14.7 Å². The number of hydrogen-bond acceptors (Lipinski definition) is 3. The van der Waals surface area contributed by atoms with Crippen molar-refractivity contribution in [3.8, 4) is 0 Å². The normalized spacial score (nSPS) is 18.4. The highest BCUT2D eigenvalue weighted by atomic mass is 16.3. The van der Waals surface area contributed by atoms with Gasteiger partial charge in [-0.2, -0.15) is 5.10 Å². The van der Waals surface area contributed by atoms with Gasteiger partial charge >= 0.3 is 0 Å². The molecule has 5 heteroatoms. The Hall–Kier alpha value is -2.04.